The highest BCUT2D eigenvalue weighted by atomic mass is 79.9. The van der Waals surface area contributed by atoms with E-state index >= 15 is 0 Å². The molecule has 1 aromatic carbocycles. The molecule has 0 radical (unpaired) electrons. The van der Waals surface area contributed by atoms with Gasteiger partial charge in [-0.1, -0.05) is 0 Å². The third-order valence-corrected chi connectivity index (χ3v) is 3.11. The first kappa shape index (κ1) is 13.9. The van der Waals surface area contributed by atoms with E-state index < -0.39 is 10.8 Å². The van der Waals surface area contributed by atoms with Crippen LogP contribution < -0.4 is 11.1 Å². The minimum Gasteiger partial charge on any atom is -0.384 e. The molecule has 1 amide bonds. The smallest absolute Gasteiger partial charge is 0.285 e. The molecular formula is C12H9BrN4O3. The van der Waals surface area contributed by atoms with Gasteiger partial charge in [0, 0.05) is 23.5 Å². The Hall–Kier alpha value is -2.48. The summed E-state index contributed by atoms with van der Waals surface area (Å²) in [5.74, 6) is -0.199. The number of carbonyl (C=O) groups excluding carboxylic acids is 1. The number of hydrogen-bond donors (Lipinski definition) is 2. The van der Waals surface area contributed by atoms with Crippen LogP contribution in [0.1, 0.15) is 10.4 Å². The number of aromatic nitrogens is 1. The van der Waals surface area contributed by atoms with Crippen molar-refractivity contribution >= 4 is 39.0 Å². The molecule has 0 fully saturated rings. The molecule has 0 aliphatic carbocycles. The number of amides is 1. The fraction of sp³-hybridized carbons (Fsp3) is 0. The fourth-order valence-corrected chi connectivity index (χ4v) is 1.91. The van der Waals surface area contributed by atoms with Gasteiger partial charge in [0.2, 0.25) is 0 Å². The van der Waals surface area contributed by atoms with Gasteiger partial charge in [0.15, 0.2) is 0 Å². The Morgan fingerprint density at radius 1 is 1.35 bits per heavy atom. The van der Waals surface area contributed by atoms with Crippen molar-refractivity contribution in [2.75, 3.05) is 11.1 Å². The molecule has 0 saturated heterocycles. The highest BCUT2D eigenvalue weighted by Crippen LogP contribution is 2.28. The quantitative estimate of drug-likeness (QED) is 0.660. The van der Waals surface area contributed by atoms with Crippen LogP contribution in [-0.2, 0) is 0 Å². The van der Waals surface area contributed by atoms with Gasteiger partial charge in [-0.15, -0.1) is 0 Å². The summed E-state index contributed by atoms with van der Waals surface area (Å²) < 4.78 is 0.341. The minimum absolute atomic E-state index is 0.128. The summed E-state index contributed by atoms with van der Waals surface area (Å²) in [5, 5.41) is 13.4. The summed E-state index contributed by atoms with van der Waals surface area (Å²) in [6, 6.07) is 7.24. The highest BCUT2D eigenvalue weighted by Gasteiger charge is 2.14. The second-order valence-electron chi connectivity index (χ2n) is 3.85. The van der Waals surface area contributed by atoms with Crippen molar-refractivity contribution in [3.05, 3.63) is 56.7 Å². The van der Waals surface area contributed by atoms with Crippen molar-refractivity contribution in [2.45, 2.75) is 0 Å². The number of nitrogens with one attached hydrogen (secondary N) is 1. The van der Waals surface area contributed by atoms with Crippen LogP contribution >= 0.6 is 15.9 Å². The summed E-state index contributed by atoms with van der Waals surface area (Å²) >= 11 is 3.07. The number of nitro groups is 1. The molecule has 0 spiro atoms. The molecule has 0 atom stereocenters. The van der Waals surface area contributed by atoms with Gasteiger partial charge in [-0.25, -0.2) is 4.98 Å². The first-order valence-electron chi connectivity index (χ1n) is 5.44. The van der Waals surface area contributed by atoms with E-state index in [4.69, 9.17) is 5.73 Å². The average Bonchev–Trinajstić information content (AvgIpc) is 2.40. The van der Waals surface area contributed by atoms with Crippen LogP contribution in [0.5, 0.6) is 0 Å². The van der Waals surface area contributed by atoms with E-state index in [1.807, 2.05) is 0 Å². The summed E-state index contributed by atoms with van der Waals surface area (Å²) in [5.41, 5.74) is 6.00. The molecule has 1 aromatic heterocycles. The number of anilines is 2. The number of hydrogen-bond acceptors (Lipinski definition) is 5. The van der Waals surface area contributed by atoms with Gasteiger partial charge in [-0.3, -0.25) is 14.9 Å². The molecule has 1 heterocycles. The summed E-state index contributed by atoms with van der Waals surface area (Å²) in [6.07, 6.45) is 1.41. The van der Waals surface area contributed by atoms with Crippen molar-refractivity contribution in [1.82, 2.24) is 4.98 Å². The van der Waals surface area contributed by atoms with Crippen LogP contribution in [0.25, 0.3) is 0 Å². The molecule has 0 saturated carbocycles. The molecule has 2 aromatic rings. The van der Waals surface area contributed by atoms with Gasteiger partial charge < -0.3 is 11.1 Å². The predicted octanol–water partition coefficient (Wildman–Crippen LogP) is 2.59. The molecule has 8 heteroatoms. The van der Waals surface area contributed by atoms with Crippen molar-refractivity contribution < 1.29 is 9.72 Å². The third-order valence-electron chi connectivity index (χ3n) is 2.44. The van der Waals surface area contributed by atoms with Crippen LogP contribution in [0.3, 0.4) is 0 Å². The molecular weight excluding hydrogens is 328 g/mol. The standard InChI is InChI=1S/C12H9BrN4O3/c13-9-2-1-8(6-10(9)17(19)20)16-12(18)7-3-4-15-11(14)5-7/h1-6H,(H2,14,15)(H,16,18). The molecule has 20 heavy (non-hydrogen) atoms. The molecule has 0 unspecified atom stereocenters. The number of nitro benzene ring substituents is 1. The monoisotopic (exact) mass is 336 g/mol. The second-order valence-corrected chi connectivity index (χ2v) is 4.70. The van der Waals surface area contributed by atoms with Crippen molar-refractivity contribution in [3.63, 3.8) is 0 Å². The Labute approximate surface area is 122 Å². The lowest BCUT2D eigenvalue weighted by molar-refractivity contribution is -0.385. The number of rotatable bonds is 3. The molecule has 102 valence electrons. The first-order chi connectivity index (χ1) is 9.47. The molecule has 0 bridgehead atoms. The maximum Gasteiger partial charge on any atom is 0.285 e. The maximum atomic E-state index is 12.0. The van der Waals surface area contributed by atoms with E-state index in [0.29, 0.717) is 15.7 Å². The number of nitrogen functional groups attached to an aromatic ring is 1. The Balaban J connectivity index is 2.24. The number of benzene rings is 1. The largest absolute Gasteiger partial charge is 0.384 e. The van der Waals surface area contributed by atoms with E-state index in [0.717, 1.165) is 0 Å². The zero-order valence-electron chi connectivity index (χ0n) is 10.0. The third kappa shape index (κ3) is 3.09. The Morgan fingerprint density at radius 2 is 2.10 bits per heavy atom. The van der Waals surface area contributed by atoms with E-state index in [1.54, 1.807) is 6.07 Å². The van der Waals surface area contributed by atoms with Gasteiger partial charge in [0.25, 0.3) is 11.6 Å². The normalized spacial score (nSPS) is 10.1. The number of pyridine rings is 1. The predicted molar refractivity (Wildman–Crippen MR) is 77.4 cm³/mol. The van der Waals surface area contributed by atoms with Crippen molar-refractivity contribution in [1.29, 1.82) is 0 Å². The topological polar surface area (TPSA) is 111 Å². The molecule has 0 aliphatic heterocycles. The van der Waals surface area contributed by atoms with E-state index in [-0.39, 0.29) is 11.5 Å². The van der Waals surface area contributed by atoms with Crippen molar-refractivity contribution in [3.8, 4) is 0 Å². The lowest BCUT2D eigenvalue weighted by Gasteiger charge is -2.06. The van der Waals surface area contributed by atoms with Crippen LogP contribution in [0.15, 0.2) is 41.0 Å². The highest BCUT2D eigenvalue weighted by molar-refractivity contribution is 9.10. The van der Waals surface area contributed by atoms with Gasteiger partial charge in [-0.2, -0.15) is 0 Å². The number of carbonyl (C=O) groups is 1. The van der Waals surface area contributed by atoms with E-state index in [2.05, 4.69) is 26.2 Å². The first-order valence-corrected chi connectivity index (χ1v) is 6.23. The summed E-state index contributed by atoms with van der Waals surface area (Å²) in [4.78, 5) is 26.0. The average molecular weight is 337 g/mol. The van der Waals surface area contributed by atoms with Gasteiger partial charge in [-0.05, 0) is 40.2 Å². The maximum absolute atomic E-state index is 12.0. The van der Waals surface area contributed by atoms with E-state index in [1.165, 1.54) is 30.5 Å². The van der Waals surface area contributed by atoms with Gasteiger partial charge in [0.1, 0.15) is 5.82 Å². The number of nitrogens with zero attached hydrogens (tertiary/aromatic N) is 2. The molecule has 7 nitrogen and oxygen atoms in total. The van der Waals surface area contributed by atoms with E-state index in [9.17, 15) is 14.9 Å². The SMILES string of the molecule is Nc1cc(C(=O)Nc2ccc(Br)c([N+](=O)[O-])c2)ccn1. The lowest BCUT2D eigenvalue weighted by atomic mass is 10.2. The van der Waals surface area contributed by atoms with Crippen LogP contribution in [0.4, 0.5) is 17.2 Å². The molecule has 2 rings (SSSR count). The molecule has 3 N–H and O–H groups in total. The Bertz CT molecular complexity index is 690. The lowest BCUT2D eigenvalue weighted by Crippen LogP contribution is -2.12. The number of nitrogens with two attached hydrogens (primary N) is 1. The fourth-order valence-electron chi connectivity index (χ4n) is 1.52. The molecule has 0 aliphatic rings. The summed E-state index contributed by atoms with van der Waals surface area (Å²) in [6.45, 7) is 0. The van der Waals surface area contributed by atoms with Crippen molar-refractivity contribution in [2.24, 2.45) is 0 Å². The van der Waals surface area contributed by atoms with Crippen LogP contribution in [-0.4, -0.2) is 15.8 Å². The van der Waals surface area contributed by atoms with Crippen LogP contribution in [0, 0.1) is 10.1 Å². The zero-order chi connectivity index (χ0) is 14.7. The Morgan fingerprint density at radius 3 is 2.75 bits per heavy atom. The summed E-state index contributed by atoms with van der Waals surface area (Å²) in [7, 11) is 0. The van der Waals surface area contributed by atoms with Gasteiger partial charge in [0.05, 0.1) is 9.40 Å². The number of halogens is 1. The Kier molecular flexibility index (Phi) is 3.94. The van der Waals surface area contributed by atoms with Crippen LogP contribution in [0.2, 0.25) is 0 Å². The minimum atomic E-state index is -0.538. The second kappa shape index (κ2) is 5.66. The van der Waals surface area contributed by atoms with Gasteiger partial charge >= 0.3 is 0 Å². The zero-order valence-corrected chi connectivity index (χ0v) is 11.6.